The SMILES string of the molecule is CC(=O)OC[C@H]1O[C@@H](Sc2ccc(C)cc2)C(OC(C)=O)C1OC(C)=O. The molecule has 4 atom stereocenters. The summed E-state index contributed by atoms with van der Waals surface area (Å²) < 4.78 is 21.6. The highest BCUT2D eigenvalue weighted by Crippen LogP contribution is 2.37. The van der Waals surface area contributed by atoms with Crippen LogP contribution in [0.2, 0.25) is 0 Å². The molecule has 1 fully saturated rings. The van der Waals surface area contributed by atoms with Crippen molar-refractivity contribution < 1.29 is 33.3 Å². The minimum absolute atomic E-state index is 0.101. The fourth-order valence-corrected chi connectivity index (χ4v) is 3.63. The van der Waals surface area contributed by atoms with Crippen molar-refractivity contribution in [3.63, 3.8) is 0 Å². The van der Waals surface area contributed by atoms with Gasteiger partial charge in [-0.05, 0) is 19.1 Å². The Bertz CT molecular complexity index is 658. The molecule has 0 bridgehead atoms. The highest BCUT2D eigenvalue weighted by atomic mass is 32.2. The normalized spacial score (nSPS) is 24.8. The summed E-state index contributed by atoms with van der Waals surface area (Å²) in [6.45, 7) is 5.69. The summed E-state index contributed by atoms with van der Waals surface area (Å²) >= 11 is 1.35. The second-order valence-electron chi connectivity index (χ2n) is 5.92. The quantitative estimate of drug-likeness (QED) is 0.547. The van der Waals surface area contributed by atoms with Crippen LogP contribution in [-0.2, 0) is 33.3 Å². The summed E-state index contributed by atoms with van der Waals surface area (Å²) in [6.07, 6.45) is -2.41. The summed E-state index contributed by atoms with van der Waals surface area (Å²) in [5.74, 6) is -1.53. The summed E-state index contributed by atoms with van der Waals surface area (Å²) in [4.78, 5) is 35.0. The fourth-order valence-electron chi connectivity index (χ4n) is 2.52. The molecule has 142 valence electrons. The number of carbonyl (C=O) groups is 3. The van der Waals surface area contributed by atoms with E-state index < -0.39 is 41.7 Å². The molecule has 0 N–H and O–H groups in total. The van der Waals surface area contributed by atoms with E-state index in [1.165, 1.54) is 32.5 Å². The van der Waals surface area contributed by atoms with Gasteiger partial charge in [-0.1, -0.05) is 29.5 Å². The zero-order chi connectivity index (χ0) is 19.3. The number of ether oxygens (including phenoxy) is 4. The lowest BCUT2D eigenvalue weighted by molar-refractivity contribution is -0.165. The van der Waals surface area contributed by atoms with Crippen LogP contribution in [0.1, 0.15) is 26.3 Å². The van der Waals surface area contributed by atoms with Gasteiger partial charge in [-0.25, -0.2) is 0 Å². The lowest BCUT2D eigenvalue weighted by Gasteiger charge is -2.23. The van der Waals surface area contributed by atoms with Crippen LogP contribution in [0.4, 0.5) is 0 Å². The van der Waals surface area contributed by atoms with Gasteiger partial charge in [0.1, 0.15) is 18.1 Å². The summed E-state index contributed by atoms with van der Waals surface area (Å²) in [5.41, 5.74) is 0.510. The highest BCUT2D eigenvalue weighted by molar-refractivity contribution is 7.99. The molecule has 0 aliphatic carbocycles. The van der Waals surface area contributed by atoms with Gasteiger partial charge in [-0.15, -0.1) is 0 Å². The van der Waals surface area contributed by atoms with Gasteiger partial charge < -0.3 is 18.9 Å². The molecule has 1 saturated heterocycles. The molecule has 1 aromatic carbocycles. The Balaban J connectivity index is 2.22. The molecule has 0 saturated carbocycles. The Labute approximate surface area is 156 Å². The lowest BCUT2D eigenvalue weighted by atomic mass is 10.1. The minimum atomic E-state index is -0.862. The zero-order valence-corrected chi connectivity index (χ0v) is 15.9. The van der Waals surface area contributed by atoms with Gasteiger partial charge in [-0.3, -0.25) is 14.4 Å². The molecular formula is C18H22O7S. The van der Waals surface area contributed by atoms with Crippen LogP contribution in [0.15, 0.2) is 29.2 Å². The highest BCUT2D eigenvalue weighted by Gasteiger charge is 2.50. The molecule has 1 aliphatic heterocycles. The van der Waals surface area contributed by atoms with Crippen molar-refractivity contribution in [1.29, 1.82) is 0 Å². The fraction of sp³-hybridized carbons (Fsp3) is 0.500. The third-order valence-corrected chi connectivity index (χ3v) is 4.75. The van der Waals surface area contributed by atoms with Crippen LogP contribution in [-0.4, -0.2) is 48.3 Å². The molecule has 1 heterocycles. The molecule has 2 unspecified atom stereocenters. The number of rotatable bonds is 6. The molecule has 0 spiro atoms. The van der Waals surface area contributed by atoms with Gasteiger partial charge in [0.25, 0.3) is 0 Å². The summed E-state index contributed by atoms with van der Waals surface area (Å²) in [5, 5.41) is 0. The smallest absolute Gasteiger partial charge is 0.303 e. The predicted molar refractivity (Wildman–Crippen MR) is 93.4 cm³/mol. The van der Waals surface area contributed by atoms with E-state index in [-0.39, 0.29) is 6.61 Å². The largest absolute Gasteiger partial charge is 0.463 e. The number of hydrogen-bond donors (Lipinski definition) is 0. The number of hydrogen-bond acceptors (Lipinski definition) is 8. The maximum Gasteiger partial charge on any atom is 0.303 e. The number of benzene rings is 1. The first kappa shape index (κ1) is 20.3. The third kappa shape index (κ3) is 5.74. The third-order valence-electron chi connectivity index (χ3n) is 3.60. The van der Waals surface area contributed by atoms with Gasteiger partial charge in [0.15, 0.2) is 12.2 Å². The van der Waals surface area contributed by atoms with Crippen LogP contribution in [0.25, 0.3) is 0 Å². The standard InChI is InChI=1S/C18H22O7S/c1-10-5-7-14(8-6-10)26-18-17(24-13(4)21)16(23-12(3)20)15(25-18)9-22-11(2)19/h5-8,15-18H,9H2,1-4H3/t15-,16?,17?,18+/m1/s1. The van der Waals surface area contributed by atoms with Crippen molar-refractivity contribution in [3.8, 4) is 0 Å². The Kier molecular flexibility index (Phi) is 7.05. The van der Waals surface area contributed by atoms with Gasteiger partial charge in [0.2, 0.25) is 0 Å². The van der Waals surface area contributed by atoms with E-state index in [0.29, 0.717) is 0 Å². The first-order chi connectivity index (χ1) is 12.3. The molecule has 1 aliphatic rings. The van der Waals surface area contributed by atoms with E-state index in [0.717, 1.165) is 10.5 Å². The summed E-state index contributed by atoms with van der Waals surface area (Å²) in [7, 11) is 0. The van der Waals surface area contributed by atoms with E-state index in [1.54, 1.807) is 0 Å². The Hall–Kier alpha value is -2.06. The maximum atomic E-state index is 11.5. The van der Waals surface area contributed by atoms with Crippen molar-refractivity contribution >= 4 is 29.7 Å². The van der Waals surface area contributed by atoms with Crippen LogP contribution in [0, 0.1) is 6.92 Å². The van der Waals surface area contributed by atoms with E-state index in [9.17, 15) is 14.4 Å². The topological polar surface area (TPSA) is 88.1 Å². The van der Waals surface area contributed by atoms with E-state index in [1.807, 2.05) is 31.2 Å². The number of aryl methyl sites for hydroxylation is 1. The first-order valence-corrected chi connectivity index (χ1v) is 9.01. The predicted octanol–water partition coefficient (Wildman–Crippen LogP) is 2.24. The Morgan fingerprint density at radius 1 is 0.962 bits per heavy atom. The van der Waals surface area contributed by atoms with E-state index in [2.05, 4.69) is 0 Å². The van der Waals surface area contributed by atoms with Crippen molar-refractivity contribution in [2.75, 3.05) is 6.61 Å². The first-order valence-electron chi connectivity index (χ1n) is 8.13. The lowest BCUT2D eigenvalue weighted by Crippen LogP contribution is -2.40. The van der Waals surface area contributed by atoms with Crippen LogP contribution in [0.5, 0.6) is 0 Å². The Morgan fingerprint density at radius 2 is 1.54 bits per heavy atom. The van der Waals surface area contributed by atoms with Crippen LogP contribution >= 0.6 is 11.8 Å². The zero-order valence-electron chi connectivity index (χ0n) is 15.1. The van der Waals surface area contributed by atoms with Gasteiger partial charge in [0, 0.05) is 25.7 Å². The molecule has 2 rings (SSSR count). The number of carbonyl (C=O) groups excluding carboxylic acids is 3. The van der Waals surface area contributed by atoms with Crippen LogP contribution in [0.3, 0.4) is 0 Å². The number of esters is 3. The molecular weight excluding hydrogens is 360 g/mol. The molecule has 7 nitrogen and oxygen atoms in total. The molecule has 1 aromatic rings. The average molecular weight is 382 g/mol. The van der Waals surface area contributed by atoms with Crippen molar-refractivity contribution in [2.45, 2.75) is 56.3 Å². The average Bonchev–Trinajstić information content (AvgIpc) is 2.84. The monoisotopic (exact) mass is 382 g/mol. The minimum Gasteiger partial charge on any atom is -0.463 e. The van der Waals surface area contributed by atoms with Crippen LogP contribution < -0.4 is 0 Å². The van der Waals surface area contributed by atoms with E-state index >= 15 is 0 Å². The summed E-state index contributed by atoms with van der Waals surface area (Å²) in [6, 6.07) is 7.76. The molecule has 26 heavy (non-hydrogen) atoms. The van der Waals surface area contributed by atoms with Crippen molar-refractivity contribution in [2.24, 2.45) is 0 Å². The molecule has 0 aromatic heterocycles. The molecule has 0 radical (unpaired) electrons. The second-order valence-corrected chi connectivity index (χ2v) is 7.10. The van der Waals surface area contributed by atoms with Crippen molar-refractivity contribution in [3.05, 3.63) is 29.8 Å². The second kappa shape index (κ2) is 9.05. The number of thioether (sulfide) groups is 1. The van der Waals surface area contributed by atoms with Gasteiger partial charge in [-0.2, -0.15) is 0 Å². The molecule has 8 heteroatoms. The Morgan fingerprint density at radius 3 is 2.08 bits per heavy atom. The van der Waals surface area contributed by atoms with Gasteiger partial charge >= 0.3 is 17.9 Å². The van der Waals surface area contributed by atoms with Crippen molar-refractivity contribution in [1.82, 2.24) is 0 Å². The van der Waals surface area contributed by atoms with E-state index in [4.69, 9.17) is 18.9 Å². The van der Waals surface area contributed by atoms with Gasteiger partial charge in [0.05, 0.1) is 0 Å². The maximum absolute atomic E-state index is 11.5. The molecule has 0 amide bonds.